The minimum Gasteiger partial charge on any atom is -0.145 e. The summed E-state index contributed by atoms with van der Waals surface area (Å²) in [6.45, 7) is 0. The molecule has 0 saturated heterocycles. The maximum Gasteiger partial charge on any atom is 0.108 e. The highest BCUT2D eigenvalue weighted by atomic mass is 16.3. The summed E-state index contributed by atoms with van der Waals surface area (Å²) < 4.78 is 0. The van der Waals surface area contributed by atoms with Crippen LogP contribution in [0.15, 0.2) is 46.8 Å². The van der Waals surface area contributed by atoms with Gasteiger partial charge in [0.2, 0.25) is 0 Å². The van der Waals surface area contributed by atoms with Crippen molar-refractivity contribution in [2.45, 2.75) is 6.42 Å². The number of benzene rings is 2. The third-order valence-electron chi connectivity index (χ3n) is 3.06. The molecule has 0 aromatic heterocycles. The first kappa shape index (κ1) is 9.84. The Labute approximate surface area is 97.2 Å². The van der Waals surface area contributed by atoms with Gasteiger partial charge in [-0.3, -0.25) is 0 Å². The second-order valence-corrected chi connectivity index (χ2v) is 4.04. The molecular formula is C13H8N2O2. The van der Waals surface area contributed by atoms with Crippen LogP contribution in [0.1, 0.15) is 11.1 Å². The van der Waals surface area contributed by atoms with Crippen LogP contribution in [0.5, 0.6) is 0 Å². The van der Waals surface area contributed by atoms with Crippen LogP contribution < -0.4 is 0 Å². The number of hydrogen-bond acceptors (Lipinski definition) is 4. The number of hydrogen-bond donors (Lipinski definition) is 0. The molecule has 2 aromatic rings. The highest BCUT2D eigenvalue weighted by Crippen LogP contribution is 2.39. The van der Waals surface area contributed by atoms with Gasteiger partial charge in [0.25, 0.3) is 0 Å². The maximum atomic E-state index is 10.5. The van der Waals surface area contributed by atoms with E-state index in [-0.39, 0.29) is 0 Å². The van der Waals surface area contributed by atoms with Gasteiger partial charge in [0, 0.05) is 0 Å². The number of nitroso groups, excluding NO2 is 2. The van der Waals surface area contributed by atoms with Gasteiger partial charge >= 0.3 is 0 Å². The third-order valence-corrected chi connectivity index (χ3v) is 3.06. The molecular weight excluding hydrogens is 216 g/mol. The minimum atomic E-state index is 0.435. The van der Waals surface area contributed by atoms with Crippen LogP contribution in [-0.2, 0) is 6.42 Å². The molecule has 17 heavy (non-hydrogen) atoms. The highest BCUT2D eigenvalue weighted by Gasteiger charge is 2.19. The largest absolute Gasteiger partial charge is 0.145 e. The quantitative estimate of drug-likeness (QED) is 0.616. The van der Waals surface area contributed by atoms with Crippen molar-refractivity contribution in [3.8, 4) is 11.1 Å². The lowest BCUT2D eigenvalue weighted by molar-refractivity contribution is 1.25. The molecule has 0 fully saturated rings. The second kappa shape index (κ2) is 3.59. The van der Waals surface area contributed by atoms with Crippen molar-refractivity contribution >= 4 is 11.4 Å². The van der Waals surface area contributed by atoms with Gasteiger partial charge in [-0.25, -0.2) is 0 Å². The summed E-state index contributed by atoms with van der Waals surface area (Å²) in [5.41, 5.74) is 5.21. The lowest BCUT2D eigenvalue weighted by Crippen LogP contribution is -1.79. The van der Waals surface area contributed by atoms with Crippen LogP contribution in [0.2, 0.25) is 0 Å². The summed E-state index contributed by atoms with van der Waals surface area (Å²) in [6, 6.07) is 10.8. The fourth-order valence-corrected chi connectivity index (χ4v) is 2.30. The minimum absolute atomic E-state index is 0.435. The fraction of sp³-hybridized carbons (Fsp3) is 0.0769. The van der Waals surface area contributed by atoms with E-state index in [9.17, 15) is 9.81 Å². The molecule has 0 atom stereocenters. The molecule has 82 valence electrons. The zero-order valence-corrected chi connectivity index (χ0v) is 8.88. The molecule has 4 nitrogen and oxygen atoms in total. The van der Waals surface area contributed by atoms with E-state index >= 15 is 0 Å². The van der Waals surface area contributed by atoms with E-state index in [4.69, 9.17) is 0 Å². The monoisotopic (exact) mass is 224 g/mol. The smallest absolute Gasteiger partial charge is 0.108 e. The average molecular weight is 224 g/mol. The molecule has 0 N–H and O–H groups in total. The van der Waals surface area contributed by atoms with Gasteiger partial charge in [-0.05, 0) is 63.3 Å². The summed E-state index contributed by atoms with van der Waals surface area (Å²) in [7, 11) is 0. The van der Waals surface area contributed by atoms with Gasteiger partial charge in [0.1, 0.15) is 11.4 Å². The Hall–Kier alpha value is -2.36. The van der Waals surface area contributed by atoms with Gasteiger partial charge in [0.05, 0.1) is 0 Å². The predicted molar refractivity (Wildman–Crippen MR) is 65.6 cm³/mol. The van der Waals surface area contributed by atoms with E-state index in [0.29, 0.717) is 11.4 Å². The molecule has 0 spiro atoms. The van der Waals surface area contributed by atoms with Crippen molar-refractivity contribution in [3.05, 3.63) is 57.3 Å². The first-order chi connectivity index (χ1) is 8.31. The molecule has 0 unspecified atom stereocenters. The normalized spacial score (nSPS) is 11.8. The number of rotatable bonds is 2. The Bertz CT molecular complexity index is 580. The summed E-state index contributed by atoms with van der Waals surface area (Å²) in [5.74, 6) is 0. The number of fused-ring (bicyclic) bond motifs is 3. The molecule has 0 saturated carbocycles. The van der Waals surface area contributed by atoms with Crippen molar-refractivity contribution < 1.29 is 0 Å². The van der Waals surface area contributed by atoms with Crippen LogP contribution in [0.3, 0.4) is 0 Å². The van der Waals surface area contributed by atoms with Gasteiger partial charge in [-0.2, -0.15) is 0 Å². The van der Waals surface area contributed by atoms with E-state index in [1.54, 1.807) is 24.3 Å². The Morgan fingerprint density at radius 1 is 0.765 bits per heavy atom. The van der Waals surface area contributed by atoms with E-state index in [1.807, 2.05) is 12.1 Å². The Morgan fingerprint density at radius 3 is 1.65 bits per heavy atom. The Morgan fingerprint density at radius 2 is 1.24 bits per heavy atom. The second-order valence-electron chi connectivity index (χ2n) is 4.04. The summed E-state index contributed by atoms with van der Waals surface area (Å²) >= 11 is 0. The van der Waals surface area contributed by atoms with Crippen molar-refractivity contribution in [3.63, 3.8) is 0 Å². The first-order valence-corrected chi connectivity index (χ1v) is 5.25. The summed E-state index contributed by atoms with van der Waals surface area (Å²) in [4.78, 5) is 20.9. The van der Waals surface area contributed by atoms with E-state index in [0.717, 1.165) is 28.7 Å². The highest BCUT2D eigenvalue weighted by molar-refractivity contribution is 5.79. The zero-order chi connectivity index (χ0) is 11.8. The average Bonchev–Trinajstić information content (AvgIpc) is 2.74. The molecule has 0 radical (unpaired) electrons. The fourth-order valence-electron chi connectivity index (χ4n) is 2.30. The van der Waals surface area contributed by atoms with Crippen molar-refractivity contribution in [2.24, 2.45) is 10.4 Å². The van der Waals surface area contributed by atoms with E-state index in [1.165, 1.54) is 0 Å². The van der Waals surface area contributed by atoms with Gasteiger partial charge in [0.15, 0.2) is 0 Å². The standard InChI is InChI=1S/C13H8N2O2/c16-14-10-1-3-12-8(6-10)5-9-7-11(15-17)2-4-13(9)12/h1-4,6-7H,5H2. The molecule has 1 aliphatic rings. The van der Waals surface area contributed by atoms with Gasteiger partial charge in [-0.15, -0.1) is 9.81 Å². The van der Waals surface area contributed by atoms with Crippen LogP contribution in [-0.4, -0.2) is 0 Å². The predicted octanol–water partition coefficient (Wildman–Crippen LogP) is 4.05. The topological polar surface area (TPSA) is 58.9 Å². The third kappa shape index (κ3) is 1.45. The molecule has 0 heterocycles. The van der Waals surface area contributed by atoms with Crippen LogP contribution in [0.25, 0.3) is 11.1 Å². The molecule has 3 rings (SSSR count). The molecule has 4 heteroatoms. The maximum absolute atomic E-state index is 10.5. The van der Waals surface area contributed by atoms with Crippen molar-refractivity contribution in [1.82, 2.24) is 0 Å². The SMILES string of the molecule is O=Nc1ccc2c(c1)Cc1cc(N=O)ccc1-2. The Balaban J connectivity index is 2.16. The molecule has 2 aromatic carbocycles. The number of nitrogens with zero attached hydrogens (tertiary/aromatic N) is 2. The summed E-state index contributed by atoms with van der Waals surface area (Å²) in [6.07, 6.45) is 0.720. The van der Waals surface area contributed by atoms with Crippen molar-refractivity contribution in [1.29, 1.82) is 0 Å². The van der Waals surface area contributed by atoms with E-state index < -0.39 is 0 Å². The first-order valence-electron chi connectivity index (χ1n) is 5.25. The molecule has 1 aliphatic carbocycles. The Kier molecular flexibility index (Phi) is 2.08. The summed E-state index contributed by atoms with van der Waals surface area (Å²) in [5, 5.41) is 5.85. The molecule has 0 bridgehead atoms. The molecule has 0 amide bonds. The lowest BCUT2D eigenvalue weighted by Gasteiger charge is -2.00. The van der Waals surface area contributed by atoms with Crippen LogP contribution in [0.4, 0.5) is 11.4 Å². The van der Waals surface area contributed by atoms with E-state index in [2.05, 4.69) is 10.4 Å². The van der Waals surface area contributed by atoms with Crippen LogP contribution >= 0.6 is 0 Å². The molecule has 0 aliphatic heterocycles. The zero-order valence-electron chi connectivity index (χ0n) is 8.88. The van der Waals surface area contributed by atoms with Crippen LogP contribution in [0, 0.1) is 9.81 Å². The lowest BCUT2D eigenvalue weighted by atomic mass is 10.1. The van der Waals surface area contributed by atoms with Crippen molar-refractivity contribution in [2.75, 3.05) is 0 Å². The van der Waals surface area contributed by atoms with Gasteiger partial charge < -0.3 is 0 Å². The van der Waals surface area contributed by atoms with Gasteiger partial charge in [-0.1, -0.05) is 12.1 Å².